The molecule has 2 aromatic heterocycles. The van der Waals surface area contributed by atoms with Gasteiger partial charge in [0.1, 0.15) is 0 Å². The van der Waals surface area contributed by atoms with Crippen LogP contribution in [-0.4, -0.2) is 19.6 Å². The highest BCUT2D eigenvalue weighted by Gasteiger charge is 2.02. The molecular formula is C10H15N5. The van der Waals surface area contributed by atoms with Crippen LogP contribution in [0.15, 0.2) is 18.5 Å². The van der Waals surface area contributed by atoms with E-state index in [1.807, 2.05) is 35.6 Å². The van der Waals surface area contributed by atoms with Gasteiger partial charge in [0.25, 0.3) is 0 Å². The maximum Gasteiger partial charge on any atom is 0.0822 e. The van der Waals surface area contributed by atoms with E-state index < -0.39 is 0 Å². The lowest BCUT2D eigenvalue weighted by atomic mass is 10.3. The van der Waals surface area contributed by atoms with Gasteiger partial charge in [-0.15, -0.1) is 0 Å². The minimum absolute atomic E-state index is 0.750. The smallest absolute Gasteiger partial charge is 0.0822 e. The molecule has 5 heteroatoms. The Balaban J connectivity index is 2.02. The zero-order valence-electron chi connectivity index (χ0n) is 9.01. The fourth-order valence-electron chi connectivity index (χ4n) is 1.52. The summed E-state index contributed by atoms with van der Waals surface area (Å²) < 4.78 is 3.75. The van der Waals surface area contributed by atoms with Crippen LogP contribution in [0.1, 0.15) is 11.4 Å². The number of aryl methyl sites for hydroxylation is 4. The number of nitrogens with zero attached hydrogens (tertiary/aromatic N) is 4. The molecule has 0 unspecified atom stereocenters. The Labute approximate surface area is 88.5 Å². The minimum Gasteiger partial charge on any atom is -0.396 e. The fourth-order valence-corrected chi connectivity index (χ4v) is 1.52. The topological polar surface area (TPSA) is 61.7 Å². The number of nitrogens with two attached hydrogens (primary N) is 1. The Morgan fingerprint density at radius 2 is 2.27 bits per heavy atom. The van der Waals surface area contributed by atoms with Gasteiger partial charge < -0.3 is 5.73 Å². The quantitative estimate of drug-likeness (QED) is 0.804. The summed E-state index contributed by atoms with van der Waals surface area (Å²) in [6.07, 6.45) is 4.58. The van der Waals surface area contributed by atoms with E-state index in [0.29, 0.717) is 0 Å². The number of hydrogen-bond acceptors (Lipinski definition) is 3. The average Bonchev–Trinajstić information content (AvgIpc) is 2.72. The van der Waals surface area contributed by atoms with E-state index in [1.165, 1.54) is 5.69 Å². The molecule has 2 heterocycles. The molecule has 0 saturated carbocycles. The second-order valence-corrected chi connectivity index (χ2v) is 3.63. The highest BCUT2D eigenvalue weighted by molar-refractivity contribution is 5.39. The molecular weight excluding hydrogens is 190 g/mol. The van der Waals surface area contributed by atoms with Gasteiger partial charge in [0, 0.05) is 38.1 Å². The van der Waals surface area contributed by atoms with Crippen molar-refractivity contribution < 1.29 is 0 Å². The molecule has 2 N–H and O–H groups in total. The van der Waals surface area contributed by atoms with Crippen molar-refractivity contribution in [3.8, 4) is 0 Å². The molecule has 0 atom stereocenters. The largest absolute Gasteiger partial charge is 0.396 e. The fraction of sp³-hybridized carbons (Fsp3) is 0.400. The van der Waals surface area contributed by atoms with E-state index in [4.69, 9.17) is 5.73 Å². The van der Waals surface area contributed by atoms with Gasteiger partial charge >= 0.3 is 0 Å². The molecule has 2 aromatic rings. The number of rotatable bonds is 3. The Hall–Kier alpha value is -1.78. The van der Waals surface area contributed by atoms with Crippen molar-refractivity contribution in [2.75, 3.05) is 5.73 Å². The molecule has 0 fully saturated rings. The molecule has 0 aliphatic heterocycles. The van der Waals surface area contributed by atoms with Crippen molar-refractivity contribution in [3.63, 3.8) is 0 Å². The number of aromatic nitrogens is 4. The summed E-state index contributed by atoms with van der Waals surface area (Å²) in [5.41, 5.74) is 8.55. The third-order valence-corrected chi connectivity index (χ3v) is 2.50. The van der Waals surface area contributed by atoms with Crippen LogP contribution in [0, 0.1) is 6.92 Å². The van der Waals surface area contributed by atoms with Crippen LogP contribution >= 0.6 is 0 Å². The average molecular weight is 205 g/mol. The molecule has 80 valence electrons. The van der Waals surface area contributed by atoms with Crippen LogP contribution < -0.4 is 5.73 Å². The summed E-state index contributed by atoms with van der Waals surface area (Å²) in [6, 6.07) is 2.01. The van der Waals surface area contributed by atoms with E-state index in [0.717, 1.165) is 24.3 Å². The third kappa shape index (κ3) is 2.01. The summed E-state index contributed by atoms with van der Waals surface area (Å²) in [7, 11) is 1.94. The summed E-state index contributed by atoms with van der Waals surface area (Å²) in [5, 5.41) is 8.42. The molecule has 0 aliphatic carbocycles. The summed E-state index contributed by atoms with van der Waals surface area (Å²) in [5.74, 6) is 0. The van der Waals surface area contributed by atoms with Crippen molar-refractivity contribution in [1.29, 1.82) is 0 Å². The van der Waals surface area contributed by atoms with E-state index >= 15 is 0 Å². The molecule has 0 spiro atoms. The van der Waals surface area contributed by atoms with Gasteiger partial charge in [-0.1, -0.05) is 0 Å². The van der Waals surface area contributed by atoms with Gasteiger partial charge in [0.2, 0.25) is 0 Å². The Morgan fingerprint density at radius 3 is 2.80 bits per heavy atom. The lowest BCUT2D eigenvalue weighted by molar-refractivity contribution is 0.583. The lowest BCUT2D eigenvalue weighted by Gasteiger charge is -2.01. The Bertz CT molecular complexity index is 435. The van der Waals surface area contributed by atoms with Gasteiger partial charge in [0.15, 0.2) is 0 Å². The first-order chi connectivity index (χ1) is 7.16. The minimum atomic E-state index is 0.750. The van der Waals surface area contributed by atoms with Crippen molar-refractivity contribution in [1.82, 2.24) is 19.6 Å². The number of nitrogen functional groups attached to an aromatic ring is 1. The SMILES string of the molecule is Cc1nn(CCc2ccnn2C)cc1N. The highest BCUT2D eigenvalue weighted by Crippen LogP contribution is 2.07. The van der Waals surface area contributed by atoms with Gasteiger partial charge in [0.05, 0.1) is 11.4 Å². The number of anilines is 1. The van der Waals surface area contributed by atoms with E-state index in [1.54, 1.807) is 6.20 Å². The predicted octanol–water partition coefficient (Wildman–Crippen LogP) is 0.750. The second kappa shape index (κ2) is 3.76. The van der Waals surface area contributed by atoms with Crippen LogP contribution in [0.4, 0.5) is 5.69 Å². The normalized spacial score (nSPS) is 10.8. The lowest BCUT2D eigenvalue weighted by Crippen LogP contribution is -2.05. The summed E-state index contributed by atoms with van der Waals surface area (Å²) >= 11 is 0. The molecule has 2 rings (SSSR count). The van der Waals surface area contributed by atoms with Gasteiger partial charge in [-0.3, -0.25) is 9.36 Å². The Kier molecular flexibility index (Phi) is 2.45. The van der Waals surface area contributed by atoms with Crippen LogP contribution in [0.3, 0.4) is 0 Å². The molecule has 0 aliphatic rings. The summed E-state index contributed by atoms with van der Waals surface area (Å²) in [6.45, 7) is 2.74. The van der Waals surface area contributed by atoms with Gasteiger partial charge in [-0.2, -0.15) is 10.2 Å². The first kappa shape index (κ1) is 9.76. The summed E-state index contributed by atoms with van der Waals surface area (Å²) in [4.78, 5) is 0. The standard InChI is InChI=1S/C10H15N5/c1-8-10(11)7-15(13-8)6-4-9-3-5-12-14(9)2/h3,5,7H,4,6,11H2,1-2H3. The predicted molar refractivity (Wildman–Crippen MR) is 58.3 cm³/mol. The maximum absolute atomic E-state index is 5.72. The molecule has 0 saturated heterocycles. The first-order valence-electron chi connectivity index (χ1n) is 4.93. The molecule has 5 nitrogen and oxygen atoms in total. The molecule has 0 amide bonds. The highest BCUT2D eigenvalue weighted by atomic mass is 15.3. The van der Waals surface area contributed by atoms with E-state index in [2.05, 4.69) is 10.2 Å². The van der Waals surface area contributed by atoms with Gasteiger partial charge in [-0.25, -0.2) is 0 Å². The van der Waals surface area contributed by atoms with E-state index in [9.17, 15) is 0 Å². The monoisotopic (exact) mass is 205 g/mol. The van der Waals surface area contributed by atoms with Crippen molar-refractivity contribution in [2.24, 2.45) is 7.05 Å². The molecule has 0 bridgehead atoms. The van der Waals surface area contributed by atoms with Crippen LogP contribution in [-0.2, 0) is 20.0 Å². The molecule has 0 radical (unpaired) electrons. The van der Waals surface area contributed by atoms with Gasteiger partial charge in [-0.05, 0) is 13.0 Å². The molecule has 0 aromatic carbocycles. The van der Waals surface area contributed by atoms with Crippen LogP contribution in [0.2, 0.25) is 0 Å². The van der Waals surface area contributed by atoms with Crippen molar-refractivity contribution in [3.05, 3.63) is 29.8 Å². The molecule has 15 heavy (non-hydrogen) atoms. The van der Waals surface area contributed by atoms with Crippen LogP contribution in [0.5, 0.6) is 0 Å². The number of hydrogen-bond donors (Lipinski definition) is 1. The maximum atomic E-state index is 5.72. The van der Waals surface area contributed by atoms with Crippen molar-refractivity contribution in [2.45, 2.75) is 19.9 Å². The Morgan fingerprint density at radius 1 is 1.47 bits per heavy atom. The van der Waals surface area contributed by atoms with E-state index in [-0.39, 0.29) is 0 Å². The van der Waals surface area contributed by atoms with Crippen LogP contribution in [0.25, 0.3) is 0 Å². The second-order valence-electron chi connectivity index (χ2n) is 3.63. The third-order valence-electron chi connectivity index (χ3n) is 2.50. The zero-order chi connectivity index (χ0) is 10.8. The first-order valence-corrected chi connectivity index (χ1v) is 4.93. The van der Waals surface area contributed by atoms with Crippen molar-refractivity contribution >= 4 is 5.69 Å². The zero-order valence-corrected chi connectivity index (χ0v) is 9.01.